The molecule has 0 saturated carbocycles. The number of ether oxygens (including phenoxy) is 1. The number of fused-ring (bicyclic) bond motifs is 1. The number of benzene rings is 1. The normalized spacial score (nSPS) is 18.2. The Kier molecular flexibility index (Phi) is 6.20. The van der Waals surface area contributed by atoms with E-state index in [1.165, 1.54) is 0 Å². The molecule has 1 aromatic rings. The van der Waals surface area contributed by atoms with Crippen LogP contribution in [0.4, 0.5) is 16.2 Å². The number of hydrogen-bond acceptors (Lipinski definition) is 7. The van der Waals surface area contributed by atoms with Gasteiger partial charge in [0.05, 0.1) is 11.4 Å². The fraction of sp³-hybridized carbons (Fsp3) is 0.455. The first-order valence-electron chi connectivity index (χ1n) is 10.1. The second-order valence-electron chi connectivity index (χ2n) is 8.55. The third-order valence-electron chi connectivity index (χ3n) is 5.18. The molecule has 9 heteroatoms. The number of aliphatic imine (C=N–C) groups is 1. The summed E-state index contributed by atoms with van der Waals surface area (Å²) < 4.78 is 5.46. The molecule has 2 N–H and O–H groups in total. The van der Waals surface area contributed by atoms with E-state index in [0.29, 0.717) is 43.1 Å². The molecule has 9 nitrogen and oxygen atoms in total. The van der Waals surface area contributed by atoms with E-state index in [2.05, 4.69) is 10.3 Å². The van der Waals surface area contributed by atoms with E-state index in [0.717, 1.165) is 0 Å². The minimum absolute atomic E-state index is 0.00197. The number of nitrogens with zero attached hydrogens (tertiary/aromatic N) is 4. The van der Waals surface area contributed by atoms with Crippen LogP contribution >= 0.6 is 0 Å². The van der Waals surface area contributed by atoms with Crippen molar-refractivity contribution in [2.75, 3.05) is 25.5 Å². The zero-order chi connectivity index (χ0) is 22.8. The van der Waals surface area contributed by atoms with Crippen molar-refractivity contribution in [2.45, 2.75) is 45.3 Å². The molecule has 0 atom stereocenters. The van der Waals surface area contributed by atoms with Crippen molar-refractivity contribution in [1.29, 1.82) is 5.26 Å². The third kappa shape index (κ3) is 4.97. The van der Waals surface area contributed by atoms with Crippen LogP contribution in [0.2, 0.25) is 0 Å². The average molecular weight is 425 g/mol. The second-order valence-corrected chi connectivity index (χ2v) is 8.55. The van der Waals surface area contributed by atoms with Crippen LogP contribution in [-0.2, 0) is 9.53 Å². The van der Waals surface area contributed by atoms with E-state index in [4.69, 9.17) is 4.74 Å². The highest BCUT2D eigenvalue weighted by Gasteiger charge is 2.33. The molecule has 164 valence electrons. The van der Waals surface area contributed by atoms with Crippen molar-refractivity contribution in [2.24, 2.45) is 4.99 Å². The molecule has 1 saturated heterocycles. The Morgan fingerprint density at radius 3 is 2.52 bits per heavy atom. The number of carbonyl (C=O) groups is 2. The van der Waals surface area contributed by atoms with E-state index >= 15 is 0 Å². The molecule has 1 fully saturated rings. The number of hydrogen-bond donors (Lipinski definition) is 2. The number of nitrogens with one attached hydrogen (secondary N) is 1. The summed E-state index contributed by atoms with van der Waals surface area (Å²) >= 11 is 0. The second kappa shape index (κ2) is 8.68. The summed E-state index contributed by atoms with van der Waals surface area (Å²) in [5.41, 5.74) is 0.562. The van der Waals surface area contributed by atoms with Gasteiger partial charge in [-0.05, 0) is 45.7 Å². The summed E-state index contributed by atoms with van der Waals surface area (Å²) in [6.07, 6.45) is 0.965. The number of carboxylic acids is 1. The largest absolute Gasteiger partial charge is 0.477 e. The Morgan fingerprint density at radius 1 is 1.29 bits per heavy atom. The zero-order valence-electron chi connectivity index (χ0n) is 18.2. The fourth-order valence-corrected chi connectivity index (χ4v) is 3.60. The molecule has 2 aliphatic heterocycles. The lowest BCUT2D eigenvalue weighted by Crippen LogP contribution is -2.49. The monoisotopic (exact) mass is 425 g/mol. The van der Waals surface area contributed by atoms with E-state index in [1.54, 1.807) is 24.1 Å². The molecular weight excluding hydrogens is 398 g/mol. The maximum Gasteiger partial charge on any atom is 0.410 e. The standard InChI is InChI=1S/C22H27N5O4/c1-22(2,3)31-21(30)26(4)14-9-11-27(12-10-14)19-18(15(13-23)20(28)29)24-16-7-5-6-8-17(16)25-19/h5-8,14,24H,9-12H2,1-4H3,(H,28,29). The Hall–Kier alpha value is -3.54. The molecule has 0 aromatic heterocycles. The van der Waals surface area contributed by atoms with Gasteiger partial charge in [-0.1, -0.05) is 12.1 Å². The van der Waals surface area contributed by atoms with Crippen LogP contribution in [0.1, 0.15) is 33.6 Å². The van der Waals surface area contributed by atoms with Gasteiger partial charge in [-0.2, -0.15) is 5.26 Å². The molecule has 1 amide bonds. The van der Waals surface area contributed by atoms with Crippen LogP contribution in [0.15, 0.2) is 40.5 Å². The van der Waals surface area contributed by atoms with Gasteiger partial charge in [-0.3, -0.25) is 0 Å². The number of anilines is 1. The first-order chi connectivity index (χ1) is 14.6. The molecule has 31 heavy (non-hydrogen) atoms. The highest BCUT2D eigenvalue weighted by Crippen LogP contribution is 2.33. The number of piperidine rings is 1. The van der Waals surface area contributed by atoms with Gasteiger partial charge in [0.25, 0.3) is 0 Å². The van der Waals surface area contributed by atoms with Crippen molar-refractivity contribution in [3.63, 3.8) is 0 Å². The quantitative estimate of drug-likeness (QED) is 0.551. The number of aliphatic carboxylic acids is 1. The molecule has 1 aromatic carbocycles. The van der Waals surface area contributed by atoms with Gasteiger partial charge in [0.15, 0.2) is 11.4 Å². The van der Waals surface area contributed by atoms with Crippen molar-refractivity contribution < 1.29 is 19.4 Å². The number of amidine groups is 1. The number of likely N-dealkylation sites (tertiary alicyclic amines) is 1. The maximum atomic E-state index is 12.4. The Morgan fingerprint density at radius 2 is 1.94 bits per heavy atom. The number of rotatable bonds is 2. The van der Waals surface area contributed by atoms with Crippen molar-refractivity contribution >= 4 is 29.3 Å². The van der Waals surface area contributed by atoms with Crippen LogP contribution in [0.3, 0.4) is 0 Å². The number of para-hydroxylation sites is 2. The average Bonchev–Trinajstić information content (AvgIpc) is 2.72. The van der Waals surface area contributed by atoms with Gasteiger partial charge in [-0.25, -0.2) is 14.6 Å². The highest BCUT2D eigenvalue weighted by atomic mass is 16.6. The highest BCUT2D eigenvalue weighted by molar-refractivity contribution is 6.12. The van der Waals surface area contributed by atoms with Gasteiger partial charge >= 0.3 is 12.1 Å². The van der Waals surface area contributed by atoms with Gasteiger partial charge < -0.3 is 25.0 Å². The number of amides is 1. The maximum absolute atomic E-state index is 12.4. The topological polar surface area (TPSA) is 118 Å². The van der Waals surface area contributed by atoms with E-state index in [-0.39, 0.29) is 23.4 Å². The molecular formula is C22H27N5O4. The van der Waals surface area contributed by atoms with Gasteiger partial charge in [0, 0.05) is 26.2 Å². The van der Waals surface area contributed by atoms with E-state index in [9.17, 15) is 20.0 Å². The molecule has 2 heterocycles. The van der Waals surface area contributed by atoms with E-state index < -0.39 is 11.6 Å². The van der Waals surface area contributed by atoms with Crippen molar-refractivity contribution in [1.82, 2.24) is 9.80 Å². The first-order valence-corrected chi connectivity index (χ1v) is 10.1. The molecule has 0 radical (unpaired) electrons. The lowest BCUT2D eigenvalue weighted by Gasteiger charge is -2.39. The van der Waals surface area contributed by atoms with Crippen molar-refractivity contribution in [3.8, 4) is 6.07 Å². The van der Waals surface area contributed by atoms with Crippen LogP contribution in [-0.4, -0.2) is 64.6 Å². The number of nitriles is 1. The minimum atomic E-state index is -1.31. The first kappa shape index (κ1) is 22.2. The Balaban J connectivity index is 1.82. The van der Waals surface area contributed by atoms with Gasteiger partial charge in [0.1, 0.15) is 17.4 Å². The molecule has 0 spiro atoms. The lowest BCUT2D eigenvalue weighted by molar-refractivity contribution is -0.132. The van der Waals surface area contributed by atoms with E-state index in [1.807, 2.05) is 43.9 Å². The molecule has 0 unspecified atom stereocenters. The molecule has 0 aliphatic carbocycles. The van der Waals surface area contributed by atoms with Crippen LogP contribution in [0.25, 0.3) is 0 Å². The summed E-state index contributed by atoms with van der Waals surface area (Å²) in [7, 11) is 1.73. The summed E-state index contributed by atoms with van der Waals surface area (Å²) in [6, 6.07) is 9.05. The summed E-state index contributed by atoms with van der Waals surface area (Å²) in [4.78, 5) is 32.3. The van der Waals surface area contributed by atoms with Crippen LogP contribution < -0.4 is 5.32 Å². The lowest BCUT2D eigenvalue weighted by atomic mass is 10.0. The minimum Gasteiger partial charge on any atom is -0.477 e. The fourth-order valence-electron chi connectivity index (χ4n) is 3.60. The zero-order valence-corrected chi connectivity index (χ0v) is 18.2. The molecule has 3 rings (SSSR count). The SMILES string of the molecule is CN(C(=O)OC(C)(C)C)C1CCN(C2=Nc3ccccc3NC2=C(C#N)C(=O)O)CC1. The summed E-state index contributed by atoms with van der Waals surface area (Å²) in [5, 5.41) is 22.0. The number of carboxylic acid groups (broad SMARTS) is 1. The van der Waals surface area contributed by atoms with Crippen molar-refractivity contribution in [3.05, 3.63) is 35.5 Å². The predicted molar refractivity (Wildman–Crippen MR) is 116 cm³/mol. The smallest absolute Gasteiger partial charge is 0.410 e. The predicted octanol–water partition coefficient (Wildman–Crippen LogP) is 3.34. The summed E-state index contributed by atoms with van der Waals surface area (Å²) in [5.74, 6) is -0.882. The summed E-state index contributed by atoms with van der Waals surface area (Å²) in [6.45, 7) is 6.61. The Bertz CT molecular complexity index is 978. The van der Waals surface area contributed by atoms with Gasteiger partial charge in [0.2, 0.25) is 0 Å². The number of carbonyl (C=O) groups excluding carboxylic acids is 1. The third-order valence-corrected chi connectivity index (χ3v) is 5.18. The Labute approximate surface area is 181 Å². The van der Waals surface area contributed by atoms with Crippen LogP contribution in [0, 0.1) is 11.3 Å². The molecule has 0 bridgehead atoms. The molecule has 2 aliphatic rings. The van der Waals surface area contributed by atoms with Gasteiger partial charge in [-0.15, -0.1) is 0 Å². The van der Waals surface area contributed by atoms with Crippen LogP contribution in [0.5, 0.6) is 0 Å².